The van der Waals surface area contributed by atoms with Crippen LogP contribution in [0.15, 0.2) is 24.3 Å². The number of fused-ring (bicyclic) bond motifs is 1. The van der Waals surface area contributed by atoms with Crippen molar-refractivity contribution in [1.82, 2.24) is 15.1 Å². The van der Waals surface area contributed by atoms with Crippen LogP contribution in [-0.2, 0) is 4.79 Å². The molecule has 0 radical (unpaired) electrons. The molecule has 0 aliphatic carbocycles. The molecule has 0 unspecified atom stereocenters. The Kier molecular flexibility index (Phi) is 5.27. The predicted molar refractivity (Wildman–Crippen MR) is 82.6 cm³/mol. The van der Waals surface area contributed by atoms with Gasteiger partial charge < -0.3 is 10.2 Å². The van der Waals surface area contributed by atoms with E-state index in [0.717, 1.165) is 6.54 Å². The number of benzene rings is 1. The summed E-state index contributed by atoms with van der Waals surface area (Å²) < 4.78 is 0. The van der Waals surface area contributed by atoms with E-state index in [-0.39, 0.29) is 24.3 Å². The molecule has 1 aliphatic heterocycles. The summed E-state index contributed by atoms with van der Waals surface area (Å²) >= 11 is 0. The van der Waals surface area contributed by atoms with E-state index in [1.54, 1.807) is 24.3 Å². The zero-order chi connectivity index (χ0) is 16.1. The van der Waals surface area contributed by atoms with Crippen molar-refractivity contribution in [2.75, 3.05) is 33.7 Å². The number of nitrogens with zero attached hydrogens (tertiary/aromatic N) is 2. The van der Waals surface area contributed by atoms with Crippen molar-refractivity contribution in [2.24, 2.45) is 0 Å². The van der Waals surface area contributed by atoms with Crippen LogP contribution in [0.4, 0.5) is 0 Å². The molecule has 2 rings (SSSR count). The van der Waals surface area contributed by atoms with E-state index >= 15 is 0 Å². The zero-order valence-corrected chi connectivity index (χ0v) is 13.0. The number of imide groups is 1. The highest BCUT2D eigenvalue weighted by Crippen LogP contribution is 2.22. The third kappa shape index (κ3) is 3.71. The Morgan fingerprint density at radius 3 is 2.27 bits per heavy atom. The quantitative estimate of drug-likeness (QED) is 0.754. The first-order valence-corrected chi connectivity index (χ1v) is 7.37. The van der Waals surface area contributed by atoms with Crippen LogP contribution in [0.1, 0.15) is 33.6 Å². The number of carbonyl (C=O) groups excluding carboxylic acids is 3. The fourth-order valence-corrected chi connectivity index (χ4v) is 2.35. The highest BCUT2D eigenvalue weighted by molar-refractivity contribution is 6.21. The molecule has 0 saturated carbocycles. The van der Waals surface area contributed by atoms with Gasteiger partial charge in [-0.3, -0.25) is 19.3 Å². The van der Waals surface area contributed by atoms with Crippen molar-refractivity contribution in [2.45, 2.75) is 12.8 Å². The number of carbonyl (C=O) groups is 3. The largest absolute Gasteiger partial charge is 0.355 e. The van der Waals surface area contributed by atoms with Gasteiger partial charge in [-0.2, -0.15) is 0 Å². The maximum absolute atomic E-state index is 12.1. The lowest BCUT2D eigenvalue weighted by atomic mass is 10.1. The van der Waals surface area contributed by atoms with Crippen LogP contribution in [0.25, 0.3) is 0 Å². The van der Waals surface area contributed by atoms with Crippen molar-refractivity contribution in [3.63, 3.8) is 0 Å². The minimum atomic E-state index is -0.270. The van der Waals surface area contributed by atoms with E-state index in [1.807, 2.05) is 19.0 Å². The fraction of sp³-hybridized carbons (Fsp3) is 0.438. The number of hydrogen-bond donors (Lipinski definition) is 1. The third-order valence-electron chi connectivity index (χ3n) is 3.54. The lowest BCUT2D eigenvalue weighted by Crippen LogP contribution is -2.33. The van der Waals surface area contributed by atoms with Crippen LogP contribution < -0.4 is 5.32 Å². The maximum atomic E-state index is 12.1. The Hall–Kier alpha value is -2.21. The zero-order valence-electron chi connectivity index (χ0n) is 13.0. The lowest BCUT2D eigenvalue weighted by Gasteiger charge is -2.14. The molecule has 3 amide bonds. The monoisotopic (exact) mass is 303 g/mol. The van der Waals surface area contributed by atoms with Crippen LogP contribution in [0.3, 0.4) is 0 Å². The Labute approximate surface area is 130 Å². The second-order valence-electron chi connectivity index (χ2n) is 5.56. The molecule has 0 aromatic heterocycles. The number of nitrogens with one attached hydrogen (secondary N) is 1. The number of likely N-dealkylation sites (N-methyl/N-ethyl adjacent to an activating group) is 1. The molecular weight excluding hydrogens is 282 g/mol. The number of amides is 3. The van der Waals surface area contributed by atoms with Crippen LogP contribution in [-0.4, -0.2) is 61.3 Å². The fourth-order valence-electron chi connectivity index (χ4n) is 2.35. The normalized spacial score (nSPS) is 13.7. The Morgan fingerprint density at radius 2 is 1.73 bits per heavy atom. The summed E-state index contributed by atoms with van der Waals surface area (Å²) in [6.07, 6.45) is 0.778. The van der Waals surface area contributed by atoms with Gasteiger partial charge in [-0.15, -0.1) is 0 Å². The van der Waals surface area contributed by atoms with Crippen molar-refractivity contribution >= 4 is 17.7 Å². The minimum absolute atomic E-state index is 0.0570. The first-order chi connectivity index (χ1) is 10.5. The predicted octanol–water partition coefficient (Wildman–Crippen LogP) is 0.741. The minimum Gasteiger partial charge on any atom is -0.355 e. The molecule has 0 spiro atoms. The molecule has 0 bridgehead atoms. The molecule has 6 heteroatoms. The highest BCUT2D eigenvalue weighted by atomic mass is 16.2. The van der Waals surface area contributed by atoms with Crippen molar-refractivity contribution < 1.29 is 14.4 Å². The van der Waals surface area contributed by atoms with E-state index in [0.29, 0.717) is 30.5 Å². The van der Waals surface area contributed by atoms with Crippen LogP contribution in [0.2, 0.25) is 0 Å². The smallest absolute Gasteiger partial charge is 0.261 e. The van der Waals surface area contributed by atoms with Gasteiger partial charge in [-0.1, -0.05) is 12.1 Å². The molecule has 0 fully saturated rings. The average molecular weight is 303 g/mol. The van der Waals surface area contributed by atoms with Gasteiger partial charge >= 0.3 is 0 Å². The van der Waals surface area contributed by atoms with Crippen LogP contribution >= 0.6 is 0 Å². The summed E-state index contributed by atoms with van der Waals surface area (Å²) in [7, 11) is 3.88. The average Bonchev–Trinajstić information content (AvgIpc) is 2.72. The summed E-state index contributed by atoms with van der Waals surface area (Å²) in [6.45, 7) is 1.65. The summed E-state index contributed by atoms with van der Waals surface area (Å²) in [4.78, 5) is 39.1. The van der Waals surface area contributed by atoms with Crippen LogP contribution in [0, 0.1) is 0 Å². The SMILES string of the molecule is CN(C)CCNC(=O)CCCN1C(=O)c2ccccc2C1=O. The number of hydrogen-bond acceptors (Lipinski definition) is 4. The molecule has 6 nitrogen and oxygen atoms in total. The van der Waals surface area contributed by atoms with Crippen molar-refractivity contribution in [3.8, 4) is 0 Å². The first-order valence-electron chi connectivity index (χ1n) is 7.37. The maximum Gasteiger partial charge on any atom is 0.261 e. The van der Waals surface area contributed by atoms with E-state index in [1.165, 1.54) is 4.90 Å². The number of rotatable bonds is 7. The van der Waals surface area contributed by atoms with Gasteiger partial charge in [0.1, 0.15) is 0 Å². The van der Waals surface area contributed by atoms with E-state index < -0.39 is 0 Å². The molecule has 1 aromatic carbocycles. The van der Waals surface area contributed by atoms with Gasteiger partial charge in [0.25, 0.3) is 11.8 Å². The topological polar surface area (TPSA) is 69.7 Å². The van der Waals surface area contributed by atoms with Gasteiger partial charge in [0.15, 0.2) is 0 Å². The molecule has 1 heterocycles. The van der Waals surface area contributed by atoms with Gasteiger partial charge in [-0.25, -0.2) is 0 Å². The van der Waals surface area contributed by atoms with Gasteiger partial charge in [0, 0.05) is 26.1 Å². The first kappa shape index (κ1) is 16.2. The Morgan fingerprint density at radius 1 is 1.14 bits per heavy atom. The molecular formula is C16H21N3O3. The second kappa shape index (κ2) is 7.17. The van der Waals surface area contributed by atoms with E-state index in [4.69, 9.17) is 0 Å². The molecule has 1 N–H and O–H groups in total. The molecule has 1 aromatic rings. The van der Waals surface area contributed by atoms with Crippen molar-refractivity contribution in [1.29, 1.82) is 0 Å². The van der Waals surface area contributed by atoms with Gasteiger partial charge in [0.2, 0.25) is 5.91 Å². The third-order valence-corrected chi connectivity index (χ3v) is 3.54. The summed E-state index contributed by atoms with van der Waals surface area (Å²) in [5.74, 6) is -0.597. The standard InChI is InChI=1S/C16H21N3O3/c1-18(2)11-9-17-14(20)8-5-10-19-15(21)12-6-3-4-7-13(12)16(19)22/h3-4,6-7H,5,8-11H2,1-2H3,(H,17,20). The Balaban J connectivity index is 1.78. The van der Waals surface area contributed by atoms with Crippen molar-refractivity contribution in [3.05, 3.63) is 35.4 Å². The highest BCUT2D eigenvalue weighted by Gasteiger charge is 2.34. The summed E-state index contributed by atoms with van der Waals surface area (Å²) in [6, 6.07) is 6.80. The molecule has 0 atom stereocenters. The second-order valence-corrected chi connectivity index (χ2v) is 5.56. The summed E-state index contributed by atoms with van der Waals surface area (Å²) in [5, 5.41) is 2.81. The molecule has 1 aliphatic rings. The summed E-state index contributed by atoms with van der Waals surface area (Å²) in [5.41, 5.74) is 0.894. The van der Waals surface area contributed by atoms with Crippen LogP contribution in [0.5, 0.6) is 0 Å². The molecule has 118 valence electrons. The van der Waals surface area contributed by atoms with Gasteiger partial charge in [-0.05, 0) is 32.6 Å². The Bertz CT molecular complexity index is 549. The van der Waals surface area contributed by atoms with Gasteiger partial charge in [0.05, 0.1) is 11.1 Å². The van der Waals surface area contributed by atoms with E-state index in [9.17, 15) is 14.4 Å². The lowest BCUT2D eigenvalue weighted by molar-refractivity contribution is -0.121. The molecule has 0 saturated heterocycles. The molecule has 22 heavy (non-hydrogen) atoms. The van der Waals surface area contributed by atoms with E-state index in [2.05, 4.69) is 5.32 Å².